The number of rotatable bonds is 2. The van der Waals surface area contributed by atoms with E-state index in [4.69, 9.17) is 4.74 Å². The van der Waals surface area contributed by atoms with Crippen LogP contribution in [-0.4, -0.2) is 36.5 Å². The summed E-state index contributed by atoms with van der Waals surface area (Å²) in [4.78, 5) is 0. The zero-order valence-electron chi connectivity index (χ0n) is 20.3. The molecule has 7 heteroatoms. The summed E-state index contributed by atoms with van der Waals surface area (Å²) in [5.74, 6) is 0.845. The molecule has 0 N–H and O–H groups in total. The summed E-state index contributed by atoms with van der Waals surface area (Å²) in [5, 5.41) is 12.7. The van der Waals surface area contributed by atoms with Gasteiger partial charge in [-0.25, -0.2) is 4.68 Å². The van der Waals surface area contributed by atoms with Gasteiger partial charge in [0.15, 0.2) is 0 Å². The fourth-order valence-electron chi connectivity index (χ4n) is 3.21. The van der Waals surface area contributed by atoms with Crippen LogP contribution in [0.3, 0.4) is 0 Å². The van der Waals surface area contributed by atoms with Crippen molar-refractivity contribution in [3.63, 3.8) is 0 Å². The van der Waals surface area contributed by atoms with Gasteiger partial charge in [-0.15, -0.1) is 0 Å². The highest BCUT2D eigenvalue weighted by Crippen LogP contribution is 2.18. The fourth-order valence-corrected chi connectivity index (χ4v) is 3.21. The van der Waals surface area contributed by atoms with Crippen LogP contribution in [0.15, 0.2) is 0 Å². The predicted octanol–water partition coefficient (Wildman–Crippen LogP) is 7.17. The van der Waals surface area contributed by atoms with Crippen LogP contribution in [0.25, 0.3) is 0 Å². The molecule has 0 radical (unpaired) electrons. The van der Waals surface area contributed by atoms with Gasteiger partial charge in [0.2, 0.25) is 5.88 Å². The highest BCUT2D eigenvalue weighted by atomic mass is 16.5. The second-order valence-electron chi connectivity index (χ2n) is 7.40. The van der Waals surface area contributed by atoms with E-state index >= 15 is 0 Å². The first-order chi connectivity index (χ1) is 13.5. The molecule has 0 aromatic carbocycles. The summed E-state index contributed by atoms with van der Waals surface area (Å²) in [7, 11) is 7.50. The Labute approximate surface area is 212 Å². The summed E-state index contributed by atoms with van der Waals surface area (Å²) in [6.45, 7) is 16.5. The van der Waals surface area contributed by atoms with E-state index < -0.39 is 0 Å². The number of hydrogen-bond donors (Lipinski definition) is 0. The number of aromatic nitrogens is 6. The van der Waals surface area contributed by atoms with E-state index in [1.54, 1.807) is 11.8 Å². The maximum Gasteiger partial charge on any atom is 0.214 e. The van der Waals surface area contributed by atoms with Gasteiger partial charge in [0.25, 0.3) is 0 Å². The summed E-state index contributed by atoms with van der Waals surface area (Å²) >= 11 is 0. The average molecular weight is 483 g/mol. The Balaban J connectivity index is -0.000000115. The van der Waals surface area contributed by atoms with Crippen molar-refractivity contribution in [2.45, 2.75) is 98.9 Å². The summed E-state index contributed by atoms with van der Waals surface area (Å²) < 4.78 is 10.7. The van der Waals surface area contributed by atoms with Crippen LogP contribution in [0.4, 0.5) is 0 Å². The normalized spacial score (nSPS) is 8.71. The third-order valence-corrected chi connectivity index (χ3v) is 5.52. The van der Waals surface area contributed by atoms with E-state index in [1.807, 2.05) is 51.3 Å². The smallest absolute Gasteiger partial charge is 0.214 e. The Bertz CT molecular complexity index is 873. The molecule has 0 amide bonds. The number of hydrogen-bond acceptors (Lipinski definition) is 4. The van der Waals surface area contributed by atoms with Crippen molar-refractivity contribution in [1.29, 1.82) is 0 Å². The van der Waals surface area contributed by atoms with Gasteiger partial charge < -0.3 is 4.74 Å². The molecule has 3 aromatic heterocycles. The number of aryl methyl sites for hydroxylation is 6. The molecule has 0 saturated carbocycles. The first kappa shape index (κ1) is 41.7. The van der Waals surface area contributed by atoms with E-state index in [2.05, 4.69) is 49.9 Å². The maximum absolute atomic E-state index is 5.10. The van der Waals surface area contributed by atoms with Gasteiger partial charge in [-0.05, 0) is 66.0 Å². The molecule has 0 saturated heterocycles. The molecule has 0 aliphatic rings. The molecule has 202 valence electrons. The Hall–Kier alpha value is -2.57. The first-order valence-corrected chi connectivity index (χ1v) is 9.96. The lowest BCUT2D eigenvalue weighted by molar-refractivity contribution is 0.371. The van der Waals surface area contributed by atoms with Gasteiger partial charge in [-0.1, -0.05) is 44.1 Å². The third-order valence-electron chi connectivity index (χ3n) is 5.52. The minimum Gasteiger partial charge on any atom is -0.481 e. The maximum atomic E-state index is 5.10. The van der Waals surface area contributed by atoms with Gasteiger partial charge >= 0.3 is 0 Å². The molecule has 0 fully saturated rings. The molecule has 3 aromatic rings. The highest BCUT2D eigenvalue weighted by molar-refractivity contribution is 5.28. The third kappa shape index (κ3) is 9.74. The van der Waals surface area contributed by atoms with Crippen molar-refractivity contribution >= 4 is 0 Å². The Morgan fingerprint density at radius 1 is 0.588 bits per heavy atom. The lowest BCUT2D eigenvalue weighted by atomic mass is 10.2. The largest absolute Gasteiger partial charge is 0.481 e. The molecule has 0 aliphatic heterocycles. The summed E-state index contributed by atoms with van der Waals surface area (Å²) in [6, 6.07) is 0. The second-order valence-corrected chi connectivity index (χ2v) is 7.40. The van der Waals surface area contributed by atoms with Gasteiger partial charge in [-0.3, -0.25) is 9.36 Å². The molecule has 7 nitrogen and oxygen atoms in total. The van der Waals surface area contributed by atoms with E-state index in [0.717, 1.165) is 34.9 Å². The molecular formula is C27H58N6O. The van der Waals surface area contributed by atoms with Crippen molar-refractivity contribution in [2.75, 3.05) is 7.11 Å². The molecule has 34 heavy (non-hydrogen) atoms. The SMILES string of the molecule is C.C.C.C.C.CCc1c(C)c(C)nn1C.COc1c(C)c(C)nn1C.Cc1nn(C)c(C)c1C. The van der Waals surface area contributed by atoms with Crippen molar-refractivity contribution in [1.82, 2.24) is 29.3 Å². The second kappa shape index (κ2) is 17.8. The minimum atomic E-state index is 0. The van der Waals surface area contributed by atoms with Crippen LogP contribution in [0, 0.1) is 48.5 Å². The Kier molecular flexibility index (Phi) is 21.9. The molecule has 0 aliphatic carbocycles. The topological polar surface area (TPSA) is 62.7 Å². The molecular weight excluding hydrogens is 424 g/mol. The van der Waals surface area contributed by atoms with Gasteiger partial charge in [0, 0.05) is 38.1 Å². The first-order valence-electron chi connectivity index (χ1n) is 9.96. The lowest BCUT2D eigenvalue weighted by Crippen LogP contribution is -1.96. The molecule has 0 atom stereocenters. The highest BCUT2D eigenvalue weighted by Gasteiger charge is 2.07. The average Bonchev–Trinajstić information content (AvgIpc) is 3.15. The van der Waals surface area contributed by atoms with Crippen LogP contribution >= 0.6 is 0 Å². The Morgan fingerprint density at radius 3 is 1.12 bits per heavy atom. The lowest BCUT2D eigenvalue weighted by Gasteiger charge is -1.98. The predicted molar refractivity (Wildman–Crippen MR) is 152 cm³/mol. The molecule has 3 heterocycles. The van der Waals surface area contributed by atoms with Crippen molar-refractivity contribution < 1.29 is 4.74 Å². The van der Waals surface area contributed by atoms with Crippen LogP contribution in [0.5, 0.6) is 5.88 Å². The molecule has 3 rings (SSSR count). The monoisotopic (exact) mass is 482 g/mol. The molecule has 0 unspecified atom stereocenters. The standard InChI is InChI=1S/C8H14N2.C7H12N2O.C7H12N2.5CH4/c1-5-8-6(2)7(3)9-10(8)4;1-5-6(2)8-9(3)7(5)10-4;1-5-6(2)8-9(4)7(5)3;;;;;/h5H2,1-4H3;1-4H3;1-4H3;5*1H4. The number of methoxy groups -OCH3 is 1. The van der Waals surface area contributed by atoms with E-state index in [-0.39, 0.29) is 37.1 Å². The van der Waals surface area contributed by atoms with E-state index in [1.165, 1.54) is 22.5 Å². The van der Waals surface area contributed by atoms with Crippen molar-refractivity contribution in [3.05, 3.63) is 45.2 Å². The number of nitrogens with zero attached hydrogens (tertiary/aromatic N) is 6. The zero-order valence-corrected chi connectivity index (χ0v) is 20.3. The van der Waals surface area contributed by atoms with Crippen LogP contribution < -0.4 is 4.74 Å². The number of ether oxygens (including phenoxy) is 1. The molecule has 0 spiro atoms. The fraction of sp³-hybridized carbons (Fsp3) is 0.667. The molecule has 0 bridgehead atoms. The zero-order chi connectivity index (χ0) is 22.5. The van der Waals surface area contributed by atoms with E-state index in [9.17, 15) is 0 Å². The van der Waals surface area contributed by atoms with E-state index in [0.29, 0.717) is 0 Å². The summed E-state index contributed by atoms with van der Waals surface area (Å²) in [5.41, 5.74) is 9.67. The van der Waals surface area contributed by atoms with Crippen LogP contribution in [-0.2, 0) is 27.6 Å². The van der Waals surface area contributed by atoms with Crippen molar-refractivity contribution in [2.24, 2.45) is 21.1 Å². The Morgan fingerprint density at radius 2 is 0.971 bits per heavy atom. The van der Waals surface area contributed by atoms with Gasteiger partial charge in [0.05, 0.1) is 24.2 Å². The van der Waals surface area contributed by atoms with Crippen molar-refractivity contribution in [3.8, 4) is 5.88 Å². The van der Waals surface area contributed by atoms with Gasteiger partial charge in [-0.2, -0.15) is 15.3 Å². The minimum absolute atomic E-state index is 0. The summed E-state index contributed by atoms with van der Waals surface area (Å²) in [6.07, 6.45) is 1.07. The van der Waals surface area contributed by atoms with Crippen LogP contribution in [0.1, 0.15) is 89.2 Å². The van der Waals surface area contributed by atoms with Gasteiger partial charge in [0.1, 0.15) is 0 Å². The van der Waals surface area contributed by atoms with Crippen LogP contribution in [0.2, 0.25) is 0 Å². The quantitative estimate of drug-likeness (QED) is 0.388.